The molecular formula is C15H20N2O4. The van der Waals surface area contributed by atoms with Crippen LogP contribution in [0.2, 0.25) is 0 Å². The molecule has 3 N–H and O–H groups in total. The molecule has 0 saturated carbocycles. The van der Waals surface area contributed by atoms with Gasteiger partial charge < -0.3 is 15.7 Å². The third kappa shape index (κ3) is 7.10. The van der Waals surface area contributed by atoms with Gasteiger partial charge in [0.15, 0.2) is 5.78 Å². The van der Waals surface area contributed by atoms with E-state index in [2.05, 4.69) is 10.6 Å². The summed E-state index contributed by atoms with van der Waals surface area (Å²) < 4.78 is 0. The molecule has 21 heavy (non-hydrogen) atoms. The zero-order valence-corrected chi connectivity index (χ0v) is 12.0. The molecule has 6 nitrogen and oxygen atoms in total. The minimum Gasteiger partial charge on any atom is -0.481 e. The number of carboxylic acids is 1. The van der Waals surface area contributed by atoms with Gasteiger partial charge in [-0.25, -0.2) is 4.79 Å². The molecule has 0 radical (unpaired) electrons. The standard InChI is InChI=1S/C15H20N2O4/c1-11(18)12-6-8-13(9-7-12)17-15(21)16-10-4-2-3-5-14(19)20/h6-9H,2-5,10H2,1H3,(H,19,20)(H2,16,17,21). The molecular weight excluding hydrogens is 272 g/mol. The number of unbranched alkanes of at least 4 members (excludes halogenated alkanes) is 2. The van der Waals surface area contributed by atoms with Gasteiger partial charge in [0.25, 0.3) is 0 Å². The quantitative estimate of drug-likeness (QED) is 0.507. The second-order valence-corrected chi connectivity index (χ2v) is 4.72. The van der Waals surface area contributed by atoms with Crippen LogP contribution in [0.5, 0.6) is 0 Å². The number of nitrogens with one attached hydrogen (secondary N) is 2. The van der Waals surface area contributed by atoms with Crippen LogP contribution >= 0.6 is 0 Å². The molecule has 6 heteroatoms. The van der Waals surface area contributed by atoms with E-state index in [0.29, 0.717) is 24.2 Å². The van der Waals surface area contributed by atoms with Crippen molar-refractivity contribution >= 4 is 23.5 Å². The third-order valence-electron chi connectivity index (χ3n) is 2.90. The number of carbonyl (C=O) groups excluding carboxylic acids is 2. The highest BCUT2D eigenvalue weighted by atomic mass is 16.4. The van der Waals surface area contributed by atoms with Crippen LogP contribution in [-0.4, -0.2) is 29.4 Å². The van der Waals surface area contributed by atoms with Crippen molar-refractivity contribution in [3.63, 3.8) is 0 Å². The molecule has 0 spiro atoms. The molecule has 1 aromatic carbocycles. The molecule has 114 valence electrons. The van der Waals surface area contributed by atoms with Crippen LogP contribution in [0.25, 0.3) is 0 Å². The summed E-state index contributed by atoms with van der Waals surface area (Å²) in [5, 5.41) is 13.8. The maximum absolute atomic E-state index is 11.6. The van der Waals surface area contributed by atoms with Crippen LogP contribution in [0.3, 0.4) is 0 Å². The third-order valence-corrected chi connectivity index (χ3v) is 2.90. The van der Waals surface area contributed by atoms with Crippen molar-refractivity contribution in [2.24, 2.45) is 0 Å². The highest BCUT2D eigenvalue weighted by Gasteiger charge is 2.03. The average Bonchev–Trinajstić information content (AvgIpc) is 2.43. The SMILES string of the molecule is CC(=O)c1ccc(NC(=O)NCCCCCC(=O)O)cc1. The van der Waals surface area contributed by atoms with Gasteiger partial charge in [-0.1, -0.05) is 6.42 Å². The van der Waals surface area contributed by atoms with E-state index in [9.17, 15) is 14.4 Å². The number of aliphatic carboxylic acids is 1. The van der Waals surface area contributed by atoms with E-state index in [1.165, 1.54) is 6.92 Å². The Hall–Kier alpha value is -2.37. The molecule has 0 aromatic heterocycles. The number of amides is 2. The van der Waals surface area contributed by atoms with Crippen molar-refractivity contribution in [2.45, 2.75) is 32.6 Å². The Morgan fingerprint density at radius 1 is 1.05 bits per heavy atom. The molecule has 2 amide bonds. The summed E-state index contributed by atoms with van der Waals surface area (Å²) in [6, 6.07) is 6.34. The lowest BCUT2D eigenvalue weighted by atomic mass is 10.1. The van der Waals surface area contributed by atoms with E-state index in [-0.39, 0.29) is 18.2 Å². The summed E-state index contributed by atoms with van der Waals surface area (Å²) >= 11 is 0. The van der Waals surface area contributed by atoms with Crippen LogP contribution in [-0.2, 0) is 4.79 Å². The summed E-state index contributed by atoms with van der Waals surface area (Å²) in [7, 11) is 0. The highest BCUT2D eigenvalue weighted by Crippen LogP contribution is 2.09. The van der Waals surface area contributed by atoms with E-state index in [0.717, 1.165) is 12.8 Å². The molecule has 0 atom stereocenters. The van der Waals surface area contributed by atoms with Crippen molar-refractivity contribution in [1.82, 2.24) is 5.32 Å². The highest BCUT2D eigenvalue weighted by molar-refractivity contribution is 5.95. The van der Waals surface area contributed by atoms with E-state index in [1.54, 1.807) is 24.3 Å². The first-order valence-electron chi connectivity index (χ1n) is 6.86. The topological polar surface area (TPSA) is 95.5 Å². The first kappa shape index (κ1) is 16.7. The number of rotatable bonds is 8. The fourth-order valence-electron chi connectivity index (χ4n) is 1.74. The van der Waals surface area contributed by atoms with Gasteiger partial charge in [0.2, 0.25) is 0 Å². The van der Waals surface area contributed by atoms with Crippen LogP contribution in [0.4, 0.5) is 10.5 Å². The van der Waals surface area contributed by atoms with Gasteiger partial charge in [-0.2, -0.15) is 0 Å². The summed E-state index contributed by atoms with van der Waals surface area (Å²) in [5.41, 5.74) is 1.21. The van der Waals surface area contributed by atoms with E-state index in [1.807, 2.05) is 0 Å². The Balaban J connectivity index is 2.21. The van der Waals surface area contributed by atoms with Crippen molar-refractivity contribution < 1.29 is 19.5 Å². The lowest BCUT2D eigenvalue weighted by Crippen LogP contribution is -2.29. The molecule has 0 fully saturated rings. The molecule has 0 bridgehead atoms. The van der Waals surface area contributed by atoms with Crippen molar-refractivity contribution in [1.29, 1.82) is 0 Å². The number of benzene rings is 1. The number of urea groups is 1. The number of hydrogen-bond acceptors (Lipinski definition) is 3. The maximum Gasteiger partial charge on any atom is 0.319 e. The lowest BCUT2D eigenvalue weighted by molar-refractivity contribution is -0.137. The van der Waals surface area contributed by atoms with Gasteiger partial charge >= 0.3 is 12.0 Å². The average molecular weight is 292 g/mol. The van der Waals surface area contributed by atoms with Gasteiger partial charge in [0.05, 0.1) is 0 Å². The summed E-state index contributed by atoms with van der Waals surface area (Å²) in [5.74, 6) is -0.818. The van der Waals surface area contributed by atoms with Crippen molar-refractivity contribution in [3.8, 4) is 0 Å². The van der Waals surface area contributed by atoms with E-state index >= 15 is 0 Å². The number of carbonyl (C=O) groups is 3. The maximum atomic E-state index is 11.6. The predicted octanol–water partition coefficient (Wildman–Crippen LogP) is 2.66. The fourth-order valence-corrected chi connectivity index (χ4v) is 1.74. The number of carboxylic acid groups (broad SMARTS) is 1. The normalized spacial score (nSPS) is 9.95. The van der Waals surface area contributed by atoms with Crippen LogP contribution in [0.1, 0.15) is 43.0 Å². The molecule has 1 aromatic rings. The van der Waals surface area contributed by atoms with Gasteiger partial charge in [0, 0.05) is 24.2 Å². The minimum atomic E-state index is -0.797. The lowest BCUT2D eigenvalue weighted by Gasteiger charge is -2.07. The molecule has 0 unspecified atom stereocenters. The fraction of sp³-hybridized carbons (Fsp3) is 0.400. The van der Waals surface area contributed by atoms with E-state index in [4.69, 9.17) is 5.11 Å². The van der Waals surface area contributed by atoms with E-state index < -0.39 is 5.97 Å². The molecule has 0 heterocycles. The van der Waals surface area contributed by atoms with Crippen molar-refractivity contribution in [2.75, 3.05) is 11.9 Å². The summed E-state index contributed by atoms with van der Waals surface area (Å²) in [4.78, 5) is 33.0. The van der Waals surface area contributed by atoms with Crippen LogP contribution in [0, 0.1) is 0 Å². The zero-order valence-electron chi connectivity index (χ0n) is 12.0. The van der Waals surface area contributed by atoms with Crippen LogP contribution in [0.15, 0.2) is 24.3 Å². The summed E-state index contributed by atoms with van der Waals surface area (Å²) in [6.07, 6.45) is 2.28. The summed E-state index contributed by atoms with van der Waals surface area (Å²) in [6.45, 7) is 1.98. The molecule has 1 rings (SSSR count). The smallest absolute Gasteiger partial charge is 0.319 e. The minimum absolute atomic E-state index is 0.0210. The first-order valence-corrected chi connectivity index (χ1v) is 6.86. The number of Topliss-reactive ketones (excluding diaryl/α,β-unsaturated/α-hetero) is 1. The molecule has 0 aliphatic carbocycles. The second-order valence-electron chi connectivity index (χ2n) is 4.72. The Bertz CT molecular complexity index is 497. The van der Waals surface area contributed by atoms with Gasteiger partial charge in [-0.15, -0.1) is 0 Å². The van der Waals surface area contributed by atoms with Gasteiger partial charge in [-0.05, 0) is 44.0 Å². The number of anilines is 1. The Morgan fingerprint density at radius 3 is 2.29 bits per heavy atom. The Labute approximate surface area is 123 Å². The molecule has 0 aliphatic rings. The zero-order chi connectivity index (χ0) is 15.7. The molecule has 0 saturated heterocycles. The predicted molar refractivity (Wildman–Crippen MR) is 79.6 cm³/mol. The van der Waals surface area contributed by atoms with Crippen molar-refractivity contribution in [3.05, 3.63) is 29.8 Å². The molecule has 0 aliphatic heterocycles. The van der Waals surface area contributed by atoms with Gasteiger partial charge in [0.1, 0.15) is 0 Å². The first-order chi connectivity index (χ1) is 9.99. The second kappa shape index (κ2) is 8.73. The van der Waals surface area contributed by atoms with Gasteiger partial charge in [-0.3, -0.25) is 9.59 Å². The Kier molecular flexibility index (Phi) is 6.94. The Morgan fingerprint density at radius 2 is 1.71 bits per heavy atom. The monoisotopic (exact) mass is 292 g/mol. The number of hydrogen-bond donors (Lipinski definition) is 3. The number of ketones is 1. The largest absolute Gasteiger partial charge is 0.481 e. The van der Waals surface area contributed by atoms with Crippen LogP contribution < -0.4 is 10.6 Å².